The number of rotatable bonds is 8. The Labute approximate surface area is 121 Å². The fraction of sp³-hybridized carbons (Fsp3) is 0.562. The number of aryl methyl sites for hydroxylation is 2. The number of carbonyl (C=O) groups excluding carboxylic acids is 1. The Morgan fingerprint density at radius 1 is 1.35 bits per heavy atom. The summed E-state index contributed by atoms with van der Waals surface area (Å²) in [6, 6.07) is 5.99. The molecule has 2 N–H and O–H groups in total. The first kappa shape index (κ1) is 16.5. The lowest BCUT2D eigenvalue weighted by Gasteiger charge is -2.12. The van der Waals surface area contributed by atoms with Crippen LogP contribution in [0.3, 0.4) is 0 Å². The van der Waals surface area contributed by atoms with Gasteiger partial charge in [-0.3, -0.25) is 4.79 Å². The van der Waals surface area contributed by atoms with E-state index in [1.54, 1.807) is 6.92 Å². The Morgan fingerprint density at radius 2 is 2.00 bits per heavy atom. The summed E-state index contributed by atoms with van der Waals surface area (Å²) in [6.07, 6.45) is 1.54. The second-order valence-corrected chi connectivity index (χ2v) is 5.16. The molecule has 0 radical (unpaired) electrons. The molecule has 0 aliphatic carbocycles. The fourth-order valence-corrected chi connectivity index (χ4v) is 1.99. The van der Waals surface area contributed by atoms with Crippen molar-refractivity contribution in [1.82, 2.24) is 5.32 Å². The molecule has 0 heterocycles. The van der Waals surface area contributed by atoms with E-state index in [0.29, 0.717) is 26.0 Å². The normalized spacial score (nSPS) is 12.0. The molecule has 1 unspecified atom stereocenters. The van der Waals surface area contributed by atoms with Crippen LogP contribution in [0.4, 0.5) is 0 Å². The monoisotopic (exact) mass is 279 g/mol. The highest BCUT2D eigenvalue weighted by Crippen LogP contribution is 2.22. The molecular formula is C16H25NO3. The average Bonchev–Trinajstić information content (AvgIpc) is 2.38. The molecule has 1 aromatic rings. The van der Waals surface area contributed by atoms with Crippen molar-refractivity contribution in [3.8, 4) is 5.75 Å². The zero-order chi connectivity index (χ0) is 15.0. The minimum Gasteiger partial charge on any atom is -0.493 e. The Bertz CT molecular complexity index is 409. The van der Waals surface area contributed by atoms with Gasteiger partial charge < -0.3 is 15.2 Å². The first-order valence-corrected chi connectivity index (χ1v) is 7.14. The summed E-state index contributed by atoms with van der Waals surface area (Å²) in [7, 11) is 0. The van der Waals surface area contributed by atoms with Gasteiger partial charge in [-0.25, -0.2) is 0 Å². The van der Waals surface area contributed by atoms with Crippen LogP contribution in [0, 0.1) is 13.8 Å². The SMILES string of the molecule is Cc1cccc(C)c1OCCC(=O)NCCCC(C)O. The molecule has 0 bridgehead atoms. The van der Waals surface area contributed by atoms with E-state index in [-0.39, 0.29) is 12.0 Å². The van der Waals surface area contributed by atoms with Crippen molar-refractivity contribution >= 4 is 5.91 Å². The van der Waals surface area contributed by atoms with Crippen LogP contribution in [-0.4, -0.2) is 30.3 Å². The van der Waals surface area contributed by atoms with Gasteiger partial charge in [-0.05, 0) is 44.7 Å². The van der Waals surface area contributed by atoms with Crippen molar-refractivity contribution in [2.45, 2.75) is 46.1 Å². The quantitative estimate of drug-likeness (QED) is 0.718. The molecule has 20 heavy (non-hydrogen) atoms. The van der Waals surface area contributed by atoms with Crippen molar-refractivity contribution in [2.75, 3.05) is 13.2 Å². The number of hydrogen-bond donors (Lipinski definition) is 2. The lowest BCUT2D eigenvalue weighted by molar-refractivity contribution is -0.121. The number of aliphatic hydroxyl groups is 1. The third kappa shape index (κ3) is 6.06. The van der Waals surface area contributed by atoms with E-state index >= 15 is 0 Å². The van der Waals surface area contributed by atoms with Gasteiger partial charge in [0.05, 0.1) is 19.1 Å². The number of benzene rings is 1. The lowest BCUT2D eigenvalue weighted by Crippen LogP contribution is -2.26. The molecule has 0 saturated carbocycles. The maximum atomic E-state index is 11.6. The van der Waals surface area contributed by atoms with E-state index in [9.17, 15) is 4.79 Å². The fourth-order valence-electron chi connectivity index (χ4n) is 1.99. The van der Waals surface area contributed by atoms with Gasteiger partial charge in [-0.2, -0.15) is 0 Å². The zero-order valence-electron chi connectivity index (χ0n) is 12.6. The summed E-state index contributed by atoms with van der Waals surface area (Å²) >= 11 is 0. The molecule has 0 spiro atoms. The van der Waals surface area contributed by atoms with Gasteiger partial charge >= 0.3 is 0 Å². The van der Waals surface area contributed by atoms with Gasteiger partial charge in [-0.15, -0.1) is 0 Å². The van der Waals surface area contributed by atoms with Crippen LogP contribution < -0.4 is 10.1 Å². The third-order valence-electron chi connectivity index (χ3n) is 3.11. The van der Waals surface area contributed by atoms with Gasteiger partial charge in [0.15, 0.2) is 0 Å². The summed E-state index contributed by atoms with van der Waals surface area (Å²) in [5.74, 6) is 0.858. The Kier molecular flexibility index (Phi) is 7.09. The summed E-state index contributed by atoms with van der Waals surface area (Å²) in [4.78, 5) is 11.6. The van der Waals surface area contributed by atoms with Crippen LogP contribution in [0.5, 0.6) is 5.75 Å². The van der Waals surface area contributed by atoms with Crippen LogP contribution in [-0.2, 0) is 4.79 Å². The van der Waals surface area contributed by atoms with Crippen LogP contribution in [0.15, 0.2) is 18.2 Å². The van der Waals surface area contributed by atoms with Gasteiger partial charge in [-0.1, -0.05) is 18.2 Å². The molecule has 0 saturated heterocycles. The Balaban J connectivity index is 2.22. The summed E-state index contributed by atoms with van der Waals surface area (Å²) < 4.78 is 5.68. The third-order valence-corrected chi connectivity index (χ3v) is 3.11. The molecule has 4 nitrogen and oxygen atoms in total. The number of aliphatic hydroxyl groups excluding tert-OH is 1. The van der Waals surface area contributed by atoms with E-state index in [1.165, 1.54) is 0 Å². The highest BCUT2D eigenvalue weighted by Gasteiger charge is 2.05. The number of hydrogen-bond acceptors (Lipinski definition) is 3. The predicted molar refractivity (Wildman–Crippen MR) is 80.0 cm³/mol. The van der Waals surface area contributed by atoms with Gasteiger partial charge in [0, 0.05) is 6.54 Å². The molecule has 0 aliphatic rings. The topological polar surface area (TPSA) is 58.6 Å². The van der Waals surface area contributed by atoms with Crippen LogP contribution in [0.2, 0.25) is 0 Å². The number of ether oxygens (including phenoxy) is 1. The molecular weight excluding hydrogens is 254 g/mol. The number of amides is 1. The van der Waals surface area contributed by atoms with Gasteiger partial charge in [0.2, 0.25) is 5.91 Å². The van der Waals surface area contributed by atoms with Gasteiger partial charge in [0.1, 0.15) is 5.75 Å². The minimum atomic E-state index is -0.306. The molecule has 0 aromatic heterocycles. The molecule has 1 aromatic carbocycles. The molecule has 4 heteroatoms. The first-order chi connectivity index (χ1) is 9.50. The number of nitrogens with one attached hydrogen (secondary N) is 1. The van der Waals surface area contributed by atoms with Crippen LogP contribution >= 0.6 is 0 Å². The average molecular weight is 279 g/mol. The van der Waals surface area contributed by atoms with Crippen LogP contribution in [0.1, 0.15) is 37.3 Å². The standard InChI is InChI=1S/C16H25NO3/c1-12-6-4-7-13(2)16(12)20-11-9-15(19)17-10-5-8-14(3)18/h4,6-7,14,18H,5,8-11H2,1-3H3,(H,17,19). The molecule has 1 amide bonds. The summed E-state index contributed by atoms with van der Waals surface area (Å²) in [5, 5.41) is 11.9. The predicted octanol–water partition coefficient (Wildman–Crippen LogP) is 2.35. The van der Waals surface area contributed by atoms with Crippen molar-refractivity contribution in [1.29, 1.82) is 0 Å². The van der Waals surface area contributed by atoms with E-state index < -0.39 is 0 Å². The maximum absolute atomic E-state index is 11.6. The highest BCUT2D eigenvalue weighted by atomic mass is 16.5. The summed E-state index contributed by atoms with van der Waals surface area (Å²) in [5.41, 5.74) is 2.17. The molecule has 112 valence electrons. The maximum Gasteiger partial charge on any atom is 0.223 e. The smallest absolute Gasteiger partial charge is 0.223 e. The molecule has 0 fully saturated rings. The Hall–Kier alpha value is -1.55. The second kappa shape index (κ2) is 8.59. The lowest BCUT2D eigenvalue weighted by atomic mass is 10.1. The largest absolute Gasteiger partial charge is 0.493 e. The Morgan fingerprint density at radius 3 is 2.60 bits per heavy atom. The van der Waals surface area contributed by atoms with E-state index in [0.717, 1.165) is 23.3 Å². The van der Waals surface area contributed by atoms with Crippen molar-refractivity contribution in [3.05, 3.63) is 29.3 Å². The van der Waals surface area contributed by atoms with E-state index in [1.807, 2.05) is 32.0 Å². The summed E-state index contributed by atoms with van der Waals surface area (Å²) in [6.45, 7) is 6.73. The van der Waals surface area contributed by atoms with Crippen molar-refractivity contribution in [3.63, 3.8) is 0 Å². The minimum absolute atomic E-state index is 0.0122. The number of carbonyl (C=O) groups is 1. The molecule has 1 atom stereocenters. The molecule has 1 rings (SSSR count). The second-order valence-electron chi connectivity index (χ2n) is 5.16. The van der Waals surface area contributed by atoms with Crippen molar-refractivity contribution < 1.29 is 14.6 Å². The van der Waals surface area contributed by atoms with Gasteiger partial charge in [0.25, 0.3) is 0 Å². The highest BCUT2D eigenvalue weighted by molar-refractivity contribution is 5.75. The zero-order valence-corrected chi connectivity index (χ0v) is 12.6. The number of para-hydroxylation sites is 1. The van der Waals surface area contributed by atoms with E-state index in [2.05, 4.69) is 5.32 Å². The first-order valence-electron chi connectivity index (χ1n) is 7.14. The van der Waals surface area contributed by atoms with Crippen molar-refractivity contribution in [2.24, 2.45) is 0 Å². The van der Waals surface area contributed by atoms with E-state index in [4.69, 9.17) is 9.84 Å². The van der Waals surface area contributed by atoms with Crippen LogP contribution in [0.25, 0.3) is 0 Å². The molecule has 0 aliphatic heterocycles.